The van der Waals surface area contributed by atoms with Crippen LogP contribution < -0.4 is 5.32 Å². The molecule has 4 aromatic rings. The number of fused-ring (bicyclic) bond motifs is 1. The van der Waals surface area contributed by atoms with E-state index in [-0.39, 0.29) is 27.8 Å². The molecule has 0 fully saturated rings. The molecule has 6 N–H and O–H groups in total. The molecular formula is C27H27N5O19S6. The number of benzene rings is 4. The van der Waals surface area contributed by atoms with Crippen LogP contribution in [-0.4, -0.2) is 106 Å². The number of nitrogens with zero attached hydrogens (tertiary/aromatic N) is 4. The highest BCUT2D eigenvalue weighted by Crippen LogP contribution is 2.46. The monoisotopic (exact) mass is 917 g/mol. The van der Waals surface area contributed by atoms with Crippen molar-refractivity contribution in [2.75, 3.05) is 37.1 Å². The fourth-order valence-electron chi connectivity index (χ4n) is 4.67. The minimum Gasteiger partial charge on any atom is -0.505 e. The third-order valence-corrected chi connectivity index (χ3v) is 13.2. The van der Waals surface area contributed by atoms with Crippen LogP contribution in [0.2, 0.25) is 0 Å². The second-order valence-electron chi connectivity index (χ2n) is 11.0. The van der Waals surface area contributed by atoms with Gasteiger partial charge in [0.2, 0.25) is 0 Å². The third-order valence-electron chi connectivity index (χ3n) is 7.19. The number of azo groups is 2. The van der Waals surface area contributed by atoms with Crippen LogP contribution in [0.15, 0.2) is 101 Å². The summed E-state index contributed by atoms with van der Waals surface area (Å²) >= 11 is 0. The number of nitrogens with one attached hydrogen (secondary N) is 1. The van der Waals surface area contributed by atoms with Crippen molar-refractivity contribution in [2.24, 2.45) is 20.5 Å². The maximum atomic E-state index is 12.7. The van der Waals surface area contributed by atoms with E-state index in [1.807, 2.05) is 0 Å². The zero-order valence-corrected chi connectivity index (χ0v) is 33.2. The first-order valence-electron chi connectivity index (χ1n) is 14.9. The van der Waals surface area contributed by atoms with Crippen molar-refractivity contribution in [3.05, 3.63) is 60.7 Å². The Morgan fingerprint density at radius 2 is 1.12 bits per heavy atom. The van der Waals surface area contributed by atoms with Gasteiger partial charge in [0.05, 0.1) is 45.9 Å². The van der Waals surface area contributed by atoms with E-state index in [2.05, 4.69) is 34.1 Å². The quantitative estimate of drug-likeness (QED) is 0.0654. The van der Waals surface area contributed by atoms with Crippen molar-refractivity contribution in [2.45, 2.75) is 19.6 Å². The predicted octanol–water partition coefficient (Wildman–Crippen LogP) is 3.10. The van der Waals surface area contributed by atoms with E-state index in [0.717, 1.165) is 30.3 Å². The highest BCUT2D eigenvalue weighted by Gasteiger charge is 2.26. The molecule has 0 saturated heterocycles. The van der Waals surface area contributed by atoms with E-state index in [9.17, 15) is 64.7 Å². The summed E-state index contributed by atoms with van der Waals surface area (Å²) in [4.78, 5) is -3.36. The summed E-state index contributed by atoms with van der Waals surface area (Å²) in [6.07, 6.45) is 0. The average molecular weight is 918 g/mol. The lowest BCUT2D eigenvalue weighted by Crippen LogP contribution is -2.16. The molecule has 0 unspecified atom stereocenters. The van der Waals surface area contributed by atoms with Crippen LogP contribution in [0, 0.1) is 0 Å². The summed E-state index contributed by atoms with van der Waals surface area (Å²) in [6, 6.07) is 9.81. The first-order chi connectivity index (χ1) is 26.1. The van der Waals surface area contributed by atoms with E-state index in [1.54, 1.807) is 0 Å². The number of aromatic hydroxyl groups is 1. The first kappa shape index (κ1) is 45.1. The molecule has 24 nitrogen and oxygen atoms in total. The van der Waals surface area contributed by atoms with Gasteiger partial charge < -0.3 is 10.4 Å². The number of phenolic OH excluding ortho intramolecular Hbond substituents is 1. The van der Waals surface area contributed by atoms with Crippen LogP contribution in [0.5, 0.6) is 5.75 Å². The largest absolute Gasteiger partial charge is 0.505 e. The molecule has 0 spiro atoms. The van der Waals surface area contributed by atoms with Crippen molar-refractivity contribution >= 4 is 99.9 Å². The Labute approximate surface area is 324 Å². The molecule has 0 bridgehead atoms. The molecule has 57 heavy (non-hydrogen) atoms. The molecule has 0 amide bonds. The minimum atomic E-state index is -5.28. The lowest BCUT2D eigenvalue weighted by atomic mass is 10.1. The Kier molecular flexibility index (Phi) is 13.2. The minimum absolute atomic E-state index is 0.0489. The maximum absolute atomic E-state index is 12.7. The smallest absolute Gasteiger partial charge is 0.397 e. The lowest BCUT2D eigenvalue weighted by molar-refractivity contribution is 0.282. The van der Waals surface area contributed by atoms with Gasteiger partial charge in [0.1, 0.15) is 26.9 Å². The number of anilines is 1. The van der Waals surface area contributed by atoms with Crippen molar-refractivity contribution < 1.29 is 82.2 Å². The van der Waals surface area contributed by atoms with E-state index in [0.29, 0.717) is 6.07 Å². The molecule has 310 valence electrons. The Morgan fingerprint density at radius 1 is 0.579 bits per heavy atom. The summed E-state index contributed by atoms with van der Waals surface area (Å²) in [7, 11) is -27.8. The number of rotatable bonds is 17. The van der Waals surface area contributed by atoms with E-state index >= 15 is 0 Å². The van der Waals surface area contributed by atoms with Crippen LogP contribution in [0.4, 0.5) is 28.4 Å². The van der Waals surface area contributed by atoms with Crippen molar-refractivity contribution in [3.63, 3.8) is 0 Å². The highest BCUT2D eigenvalue weighted by molar-refractivity contribution is 7.92. The van der Waals surface area contributed by atoms with Gasteiger partial charge in [-0.05, 0) is 54.6 Å². The van der Waals surface area contributed by atoms with Crippen molar-refractivity contribution in [3.8, 4) is 5.75 Å². The first-order valence-corrected chi connectivity index (χ1v) is 23.8. The molecule has 0 saturated carbocycles. The Morgan fingerprint density at radius 3 is 1.65 bits per heavy atom. The number of hydrogen-bond donors (Lipinski definition) is 6. The normalized spacial score (nSPS) is 13.5. The second kappa shape index (κ2) is 16.7. The molecule has 0 aliphatic rings. The van der Waals surface area contributed by atoms with Crippen molar-refractivity contribution in [1.82, 2.24) is 0 Å². The van der Waals surface area contributed by atoms with Crippen LogP contribution in [0.1, 0.15) is 0 Å². The molecule has 0 atom stereocenters. The van der Waals surface area contributed by atoms with Crippen LogP contribution in [-0.2, 0) is 69.1 Å². The maximum Gasteiger partial charge on any atom is 0.397 e. The average Bonchev–Trinajstić information content (AvgIpc) is 3.07. The van der Waals surface area contributed by atoms with Gasteiger partial charge in [0.25, 0.3) is 20.2 Å². The molecule has 0 heterocycles. The number of sulfone groups is 2. The van der Waals surface area contributed by atoms with Gasteiger partial charge in [-0.25, -0.2) is 25.2 Å². The Bertz CT molecular complexity index is 2990. The third kappa shape index (κ3) is 11.7. The Hall–Kier alpha value is -4.60. The number of phenols is 1. The summed E-state index contributed by atoms with van der Waals surface area (Å²) < 4.78 is 189. The summed E-state index contributed by atoms with van der Waals surface area (Å²) in [5.74, 6) is -2.89. The zero-order valence-electron chi connectivity index (χ0n) is 28.3. The van der Waals surface area contributed by atoms with Gasteiger partial charge in [-0.15, -0.1) is 15.3 Å². The van der Waals surface area contributed by atoms with Crippen LogP contribution >= 0.6 is 0 Å². The number of hydrogen-bond acceptors (Lipinski definition) is 20. The van der Waals surface area contributed by atoms with Gasteiger partial charge in [-0.2, -0.15) is 38.8 Å². The van der Waals surface area contributed by atoms with E-state index in [1.165, 1.54) is 31.3 Å². The molecule has 0 aliphatic heterocycles. The van der Waals surface area contributed by atoms with E-state index in [4.69, 9.17) is 9.11 Å². The SMILES string of the molecule is CNc1ccc2c(O)c(N=Nc3cccc(S(=O)(=O)CCOS(=O)(=O)O)c3)c(S(=O)(=O)O)cc2c1N=Nc1ccc(S(=O)(=O)CCOS(=O)(=O)O)cc1S(=O)(=O)O. The topological polar surface area (TPSA) is 386 Å². The van der Waals surface area contributed by atoms with Gasteiger partial charge >= 0.3 is 20.8 Å². The zero-order chi connectivity index (χ0) is 42.8. The van der Waals surface area contributed by atoms with Gasteiger partial charge in [-0.3, -0.25) is 18.2 Å². The van der Waals surface area contributed by atoms with Crippen LogP contribution in [0.3, 0.4) is 0 Å². The molecule has 4 rings (SSSR count). The van der Waals surface area contributed by atoms with Gasteiger partial charge in [-0.1, -0.05) is 6.07 Å². The molecule has 0 aromatic heterocycles. The van der Waals surface area contributed by atoms with Crippen molar-refractivity contribution in [1.29, 1.82) is 0 Å². The summed E-state index contributed by atoms with van der Waals surface area (Å²) in [5, 5.41) is 28.6. The fourth-order valence-corrected chi connectivity index (χ4v) is 9.08. The van der Waals surface area contributed by atoms with Gasteiger partial charge in [0, 0.05) is 17.8 Å². The molecule has 0 radical (unpaired) electrons. The molecule has 4 aromatic carbocycles. The molecule has 0 aliphatic carbocycles. The molecular weight excluding hydrogens is 891 g/mol. The van der Waals surface area contributed by atoms with Gasteiger partial charge in [0.15, 0.2) is 25.4 Å². The molecule has 30 heteroatoms. The highest BCUT2D eigenvalue weighted by atomic mass is 32.3. The van der Waals surface area contributed by atoms with E-state index < -0.39 is 122 Å². The second-order valence-corrected chi connectivity index (χ2v) is 20.2. The summed E-state index contributed by atoms with van der Waals surface area (Å²) in [5.41, 5.74) is -2.05. The van der Waals surface area contributed by atoms with Crippen LogP contribution in [0.25, 0.3) is 10.8 Å². The Balaban J connectivity index is 1.81. The summed E-state index contributed by atoms with van der Waals surface area (Å²) in [6.45, 7) is -2.00. The fraction of sp³-hybridized carbons (Fsp3) is 0.185. The predicted molar refractivity (Wildman–Crippen MR) is 195 cm³/mol. The lowest BCUT2D eigenvalue weighted by Gasteiger charge is -2.13. The standard InChI is InChI=1S/C27H27N5O19S6/c1-28-22-8-6-19-20(25(22)31-30-21-7-5-18(14-23(21)54(38,39)40)53(36,37)12-10-51-57(47,48)49)15-24(55(41,42)43)26(27(19)33)32-29-16-3-2-4-17(13-16)52(34,35)11-9-50-56(44,45)46/h2-8,13-15,28,33H,9-12H2,1H3,(H,38,39,40)(H,41,42,43)(H,44,45,46)(H,47,48,49).